The lowest BCUT2D eigenvalue weighted by atomic mass is 10.1. The van der Waals surface area contributed by atoms with Crippen molar-refractivity contribution < 1.29 is 9.90 Å². The van der Waals surface area contributed by atoms with Gasteiger partial charge in [-0.25, -0.2) is 4.98 Å². The van der Waals surface area contributed by atoms with Gasteiger partial charge in [-0.2, -0.15) is 5.10 Å². The average Bonchev–Trinajstić information content (AvgIpc) is 3.44. The van der Waals surface area contributed by atoms with Gasteiger partial charge < -0.3 is 10.0 Å². The Balaban J connectivity index is 1.24. The quantitative estimate of drug-likeness (QED) is 0.677. The molecule has 1 aromatic carbocycles. The van der Waals surface area contributed by atoms with E-state index in [9.17, 15) is 9.90 Å². The molecule has 0 spiro atoms. The van der Waals surface area contributed by atoms with Crippen LogP contribution in [-0.2, 0) is 4.79 Å². The lowest BCUT2D eigenvalue weighted by molar-refractivity contribution is -0.121. The van der Waals surface area contributed by atoms with Crippen molar-refractivity contribution in [2.75, 3.05) is 42.5 Å². The number of aromatic amines is 1. The maximum absolute atomic E-state index is 13.2. The topological polar surface area (TPSA) is 88.6 Å². The number of hydrogen-bond donors (Lipinski definition) is 2. The van der Waals surface area contributed by atoms with Crippen LogP contribution in [-0.4, -0.2) is 69.9 Å². The van der Waals surface area contributed by atoms with E-state index in [1.54, 1.807) is 18.3 Å². The summed E-state index contributed by atoms with van der Waals surface area (Å²) in [6.45, 7) is 6.08. The van der Waals surface area contributed by atoms with Gasteiger partial charge in [-0.3, -0.25) is 19.7 Å². The van der Waals surface area contributed by atoms with Gasteiger partial charge in [0.15, 0.2) is 0 Å². The summed E-state index contributed by atoms with van der Waals surface area (Å²) in [6.07, 6.45) is 4.44. The molecule has 1 atom stereocenters. The highest BCUT2D eigenvalue weighted by Crippen LogP contribution is 2.28. The number of phenolic OH excluding ortho intramolecular Hbond substituents is 1. The predicted molar refractivity (Wildman–Crippen MR) is 119 cm³/mol. The Bertz CT molecular complexity index is 1060. The molecule has 2 aliphatic rings. The Hall–Kier alpha value is -3.39. The third kappa shape index (κ3) is 3.74. The molecule has 1 amide bonds. The molecule has 8 nitrogen and oxygen atoms in total. The lowest BCUT2D eigenvalue weighted by Crippen LogP contribution is -2.52. The third-order valence-corrected chi connectivity index (χ3v) is 6.30. The van der Waals surface area contributed by atoms with Crippen LogP contribution in [0.1, 0.15) is 12.1 Å². The van der Waals surface area contributed by atoms with Crippen molar-refractivity contribution in [1.29, 1.82) is 0 Å². The number of nitrogens with one attached hydrogen (secondary N) is 1. The van der Waals surface area contributed by atoms with Crippen molar-refractivity contribution >= 4 is 17.4 Å². The lowest BCUT2D eigenvalue weighted by Gasteiger charge is -2.38. The number of aryl methyl sites for hydroxylation is 1. The predicted octanol–water partition coefficient (Wildman–Crippen LogP) is 2.41. The van der Waals surface area contributed by atoms with E-state index < -0.39 is 0 Å². The first-order chi connectivity index (χ1) is 15.1. The molecule has 3 aromatic rings. The summed E-state index contributed by atoms with van der Waals surface area (Å²) >= 11 is 0. The maximum atomic E-state index is 13.2. The van der Waals surface area contributed by atoms with Crippen LogP contribution in [0, 0.1) is 6.92 Å². The summed E-state index contributed by atoms with van der Waals surface area (Å²) in [5.41, 5.74) is 4.01. The second-order valence-electron chi connectivity index (χ2n) is 8.12. The number of hydrogen-bond acceptors (Lipinski definition) is 6. The number of phenols is 1. The van der Waals surface area contributed by atoms with E-state index in [0.29, 0.717) is 6.54 Å². The zero-order valence-electron chi connectivity index (χ0n) is 17.5. The molecule has 5 rings (SSSR count). The number of amides is 1. The number of anilines is 2. The van der Waals surface area contributed by atoms with E-state index in [0.717, 1.165) is 60.9 Å². The first kappa shape index (κ1) is 19.6. The van der Waals surface area contributed by atoms with E-state index in [1.165, 1.54) is 0 Å². The minimum absolute atomic E-state index is 0.0855. The van der Waals surface area contributed by atoms with Crippen molar-refractivity contribution in [2.24, 2.45) is 0 Å². The zero-order chi connectivity index (χ0) is 21.4. The van der Waals surface area contributed by atoms with Crippen LogP contribution >= 0.6 is 0 Å². The minimum Gasteiger partial charge on any atom is -0.508 e. The maximum Gasteiger partial charge on any atom is 0.245 e. The van der Waals surface area contributed by atoms with Crippen LogP contribution in [0.3, 0.4) is 0 Å². The van der Waals surface area contributed by atoms with Crippen LogP contribution < -0.4 is 9.80 Å². The van der Waals surface area contributed by atoms with Gasteiger partial charge in [0.25, 0.3) is 0 Å². The number of aromatic hydroxyl groups is 1. The molecule has 31 heavy (non-hydrogen) atoms. The molecule has 0 radical (unpaired) electrons. The van der Waals surface area contributed by atoms with E-state index in [-0.39, 0.29) is 17.7 Å². The largest absolute Gasteiger partial charge is 0.508 e. The number of carbonyl (C=O) groups excluding carboxylic acids is 1. The van der Waals surface area contributed by atoms with Crippen LogP contribution in [0.15, 0.2) is 48.8 Å². The van der Waals surface area contributed by atoms with Gasteiger partial charge in [-0.1, -0.05) is 0 Å². The SMILES string of the molecule is Cc1nc(N2CCC(N3CCN(c4ccc(O)cc4)CC3)C2=O)ccc1-c1cn[nH]c1. The number of H-pyrrole nitrogens is 1. The Morgan fingerprint density at radius 3 is 2.48 bits per heavy atom. The molecule has 0 bridgehead atoms. The van der Waals surface area contributed by atoms with E-state index in [1.807, 2.05) is 42.3 Å². The molecular formula is C23H26N6O2. The molecule has 2 N–H and O–H groups in total. The number of rotatable bonds is 4. The van der Waals surface area contributed by atoms with Crippen LogP contribution in [0.2, 0.25) is 0 Å². The molecule has 2 aromatic heterocycles. The van der Waals surface area contributed by atoms with Gasteiger partial charge in [0.05, 0.1) is 12.2 Å². The normalized spacial score (nSPS) is 19.9. The second kappa shape index (κ2) is 8.03. The number of pyridine rings is 1. The van der Waals surface area contributed by atoms with Crippen LogP contribution in [0.4, 0.5) is 11.5 Å². The van der Waals surface area contributed by atoms with Crippen LogP contribution in [0.25, 0.3) is 11.1 Å². The molecule has 160 valence electrons. The van der Waals surface area contributed by atoms with E-state index in [2.05, 4.69) is 20.0 Å². The fraction of sp³-hybridized carbons (Fsp3) is 0.348. The number of piperazine rings is 1. The van der Waals surface area contributed by atoms with Crippen molar-refractivity contribution in [1.82, 2.24) is 20.1 Å². The minimum atomic E-state index is -0.0855. The standard InChI is InChI=1S/C23H26N6O2/c1-16-20(17-14-24-25-15-17)6-7-22(26-16)29-9-8-21(23(29)31)28-12-10-27(11-13-28)18-2-4-19(30)5-3-18/h2-7,14-15,21,30H,8-13H2,1H3,(H,24,25). The van der Waals surface area contributed by atoms with Gasteiger partial charge >= 0.3 is 0 Å². The Kier molecular flexibility index (Phi) is 5.07. The number of nitrogens with zero attached hydrogens (tertiary/aromatic N) is 5. The average molecular weight is 419 g/mol. The summed E-state index contributed by atoms with van der Waals surface area (Å²) in [6, 6.07) is 11.2. The van der Waals surface area contributed by atoms with Gasteiger partial charge in [0.1, 0.15) is 11.6 Å². The number of aromatic nitrogens is 3. The van der Waals surface area contributed by atoms with Gasteiger partial charge in [0.2, 0.25) is 5.91 Å². The zero-order valence-corrected chi connectivity index (χ0v) is 17.5. The van der Waals surface area contributed by atoms with Crippen molar-refractivity contribution in [3.8, 4) is 16.9 Å². The van der Waals surface area contributed by atoms with Crippen molar-refractivity contribution in [2.45, 2.75) is 19.4 Å². The highest BCUT2D eigenvalue weighted by Gasteiger charge is 2.38. The molecule has 8 heteroatoms. The third-order valence-electron chi connectivity index (χ3n) is 6.30. The summed E-state index contributed by atoms with van der Waals surface area (Å²) in [4.78, 5) is 24.3. The Morgan fingerprint density at radius 1 is 1.03 bits per heavy atom. The highest BCUT2D eigenvalue weighted by atomic mass is 16.3. The van der Waals surface area contributed by atoms with Crippen molar-refractivity contribution in [3.63, 3.8) is 0 Å². The Labute approximate surface area is 181 Å². The molecule has 2 aliphatic heterocycles. The second-order valence-corrected chi connectivity index (χ2v) is 8.12. The van der Waals surface area contributed by atoms with Gasteiger partial charge in [-0.05, 0) is 49.7 Å². The fourth-order valence-corrected chi connectivity index (χ4v) is 4.59. The van der Waals surface area contributed by atoms with Crippen LogP contribution in [0.5, 0.6) is 5.75 Å². The van der Waals surface area contributed by atoms with Gasteiger partial charge in [-0.15, -0.1) is 0 Å². The van der Waals surface area contributed by atoms with E-state index in [4.69, 9.17) is 4.98 Å². The molecule has 0 saturated carbocycles. The summed E-state index contributed by atoms with van der Waals surface area (Å²) in [5, 5.41) is 16.3. The number of benzene rings is 1. The summed E-state index contributed by atoms with van der Waals surface area (Å²) in [5.74, 6) is 1.14. The van der Waals surface area contributed by atoms with E-state index >= 15 is 0 Å². The molecule has 1 unspecified atom stereocenters. The first-order valence-corrected chi connectivity index (χ1v) is 10.7. The summed E-state index contributed by atoms with van der Waals surface area (Å²) in [7, 11) is 0. The first-order valence-electron chi connectivity index (χ1n) is 10.7. The number of carbonyl (C=O) groups is 1. The fourth-order valence-electron chi connectivity index (χ4n) is 4.59. The molecular weight excluding hydrogens is 392 g/mol. The Morgan fingerprint density at radius 2 is 1.81 bits per heavy atom. The smallest absolute Gasteiger partial charge is 0.245 e. The molecule has 2 fully saturated rings. The monoisotopic (exact) mass is 418 g/mol. The van der Waals surface area contributed by atoms with Gasteiger partial charge in [0, 0.05) is 61.4 Å². The molecule has 4 heterocycles. The molecule has 2 saturated heterocycles. The van der Waals surface area contributed by atoms with Crippen molar-refractivity contribution in [3.05, 3.63) is 54.5 Å². The molecule has 0 aliphatic carbocycles. The summed E-state index contributed by atoms with van der Waals surface area (Å²) < 4.78 is 0. The highest BCUT2D eigenvalue weighted by molar-refractivity contribution is 5.98.